The summed E-state index contributed by atoms with van der Waals surface area (Å²) >= 11 is 1.79. The van der Waals surface area contributed by atoms with E-state index in [9.17, 15) is 9.90 Å². The van der Waals surface area contributed by atoms with Crippen LogP contribution < -0.4 is 5.56 Å². The molecule has 2 N–H and O–H groups in total. The van der Waals surface area contributed by atoms with E-state index >= 15 is 0 Å². The Kier molecular flexibility index (Phi) is 5.20. The highest BCUT2D eigenvalue weighted by Gasteiger charge is 2.28. The zero-order valence-electron chi connectivity index (χ0n) is 11.0. The van der Waals surface area contributed by atoms with Crippen LogP contribution in [0.4, 0.5) is 0 Å². The van der Waals surface area contributed by atoms with Gasteiger partial charge in [-0.25, -0.2) is 0 Å². The van der Waals surface area contributed by atoms with E-state index in [4.69, 9.17) is 4.74 Å². The van der Waals surface area contributed by atoms with Crippen molar-refractivity contribution in [3.63, 3.8) is 0 Å². The third-order valence-corrected chi connectivity index (χ3v) is 4.53. The summed E-state index contributed by atoms with van der Waals surface area (Å²) < 4.78 is 5.99. The predicted molar refractivity (Wildman–Crippen MR) is 80.2 cm³/mol. The molecule has 1 atom stereocenters. The van der Waals surface area contributed by atoms with Crippen LogP contribution in [0.5, 0.6) is 5.88 Å². The fourth-order valence-electron chi connectivity index (χ4n) is 2.65. The van der Waals surface area contributed by atoms with Crippen LogP contribution in [0.2, 0.25) is 0 Å². The van der Waals surface area contributed by atoms with Gasteiger partial charge in [-0.3, -0.25) is 4.79 Å². The number of aromatic nitrogens is 2. The highest BCUT2D eigenvalue weighted by Crippen LogP contribution is 2.35. The molecule has 6 heteroatoms. The molecule has 2 rings (SSSR count). The average Bonchev–Trinajstić information content (AvgIpc) is 2.42. The summed E-state index contributed by atoms with van der Waals surface area (Å²) in [6.45, 7) is 2.50. The van der Waals surface area contributed by atoms with Gasteiger partial charge in [0.15, 0.2) is 0 Å². The lowest BCUT2D eigenvalue weighted by atomic mass is 9.85. The normalized spacial score (nSPS) is 18.4. The highest BCUT2D eigenvalue weighted by molar-refractivity contribution is 14.1. The standard InChI is InChI=1S/C13H19IN2O3/c1-2-19-10(8-6-4-3-5-7-8)11-15-12(17)9(14)13(18)16-11/h8,10H,2-7H2,1H3,(H2,15,16,17,18). The number of hydrogen-bond donors (Lipinski definition) is 2. The SMILES string of the molecule is CCOC(c1nc(O)c(I)c(=O)[nH]1)C1CCCCC1. The second-order valence-corrected chi connectivity index (χ2v) is 5.94. The molecule has 19 heavy (non-hydrogen) atoms. The molecule has 0 aromatic carbocycles. The number of nitrogens with zero attached hydrogens (tertiary/aromatic N) is 1. The van der Waals surface area contributed by atoms with Gasteiger partial charge in [0.05, 0.1) is 0 Å². The van der Waals surface area contributed by atoms with Crippen molar-refractivity contribution in [3.8, 4) is 5.88 Å². The fourth-order valence-corrected chi connectivity index (χ4v) is 2.91. The van der Waals surface area contributed by atoms with E-state index in [1.807, 2.05) is 6.92 Å². The van der Waals surface area contributed by atoms with Crippen molar-refractivity contribution in [1.29, 1.82) is 0 Å². The van der Waals surface area contributed by atoms with Crippen molar-refractivity contribution in [2.75, 3.05) is 6.61 Å². The van der Waals surface area contributed by atoms with Crippen LogP contribution in [0.3, 0.4) is 0 Å². The van der Waals surface area contributed by atoms with E-state index in [-0.39, 0.29) is 21.1 Å². The monoisotopic (exact) mass is 378 g/mol. The molecule has 1 unspecified atom stereocenters. The molecule has 1 aromatic heterocycles. The first kappa shape index (κ1) is 14.8. The summed E-state index contributed by atoms with van der Waals surface area (Å²) in [5, 5.41) is 9.70. The molecule has 1 heterocycles. The van der Waals surface area contributed by atoms with Crippen LogP contribution in [0.1, 0.15) is 51.0 Å². The lowest BCUT2D eigenvalue weighted by molar-refractivity contribution is -0.000723. The van der Waals surface area contributed by atoms with Gasteiger partial charge in [0.1, 0.15) is 15.5 Å². The molecule has 0 spiro atoms. The maximum Gasteiger partial charge on any atom is 0.268 e. The summed E-state index contributed by atoms with van der Waals surface area (Å²) in [5.74, 6) is 0.618. The van der Waals surface area contributed by atoms with Crippen molar-refractivity contribution < 1.29 is 9.84 Å². The van der Waals surface area contributed by atoms with E-state index in [2.05, 4.69) is 9.97 Å². The molecule has 0 bridgehead atoms. The summed E-state index contributed by atoms with van der Waals surface area (Å²) in [4.78, 5) is 18.6. The Morgan fingerprint density at radius 3 is 2.74 bits per heavy atom. The fraction of sp³-hybridized carbons (Fsp3) is 0.692. The van der Waals surface area contributed by atoms with Crippen LogP contribution in [-0.4, -0.2) is 21.7 Å². The van der Waals surface area contributed by atoms with Crippen LogP contribution in [0, 0.1) is 9.49 Å². The van der Waals surface area contributed by atoms with Crippen molar-refractivity contribution in [2.45, 2.75) is 45.1 Å². The van der Waals surface area contributed by atoms with E-state index in [0.29, 0.717) is 18.3 Å². The van der Waals surface area contributed by atoms with Gasteiger partial charge in [-0.1, -0.05) is 19.3 Å². The van der Waals surface area contributed by atoms with E-state index in [1.165, 1.54) is 19.3 Å². The Balaban J connectivity index is 2.30. The molecule has 0 saturated heterocycles. The smallest absolute Gasteiger partial charge is 0.268 e. The molecular formula is C13H19IN2O3. The minimum atomic E-state index is -0.302. The Hall–Kier alpha value is -0.630. The van der Waals surface area contributed by atoms with Gasteiger partial charge in [-0.2, -0.15) is 4.98 Å². The third kappa shape index (κ3) is 3.47. The van der Waals surface area contributed by atoms with Crippen LogP contribution in [0.15, 0.2) is 4.79 Å². The molecular weight excluding hydrogens is 359 g/mol. The quantitative estimate of drug-likeness (QED) is 0.791. The van der Waals surface area contributed by atoms with E-state index in [1.54, 1.807) is 22.6 Å². The maximum absolute atomic E-state index is 11.7. The van der Waals surface area contributed by atoms with Crippen LogP contribution >= 0.6 is 22.6 Å². The maximum atomic E-state index is 11.7. The zero-order chi connectivity index (χ0) is 13.8. The first-order valence-corrected chi connectivity index (χ1v) is 7.81. The topological polar surface area (TPSA) is 75.2 Å². The average molecular weight is 378 g/mol. The number of nitrogens with one attached hydrogen (secondary N) is 1. The minimum Gasteiger partial charge on any atom is -0.492 e. The number of aromatic hydroxyl groups is 1. The first-order valence-electron chi connectivity index (χ1n) is 6.73. The van der Waals surface area contributed by atoms with Gasteiger partial charge in [-0.05, 0) is 48.3 Å². The summed E-state index contributed by atoms with van der Waals surface area (Å²) in [6.07, 6.45) is 5.59. The molecule has 1 aliphatic rings. The predicted octanol–water partition coefficient (Wildman–Crippen LogP) is 2.74. The second-order valence-electron chi connectivity index (χ2n) is 4.86. The van der Waals surface area contributed by atoms with Gasteiger partial charge >= 0.3 is 0 Å². The van der Waals surface area contributed by atoms with E-state index < -0.39 is 0 Å². The second kappa shape index (κ2) is 6.69. The summed E-state index contributed by atoms with van der Waals surface area (Å²) in [7, 11) is 0. The largest absolute Gasteiger partial charge is 0.492 e. The lowest BCUT2D eigenvalue weighted by Crippen LogP contribution is -2.25. The van der Waals surface area contributed by atoms with Crippen LogP contribution in [0.25, 0.3) is 0 Å². The Labute approximate surface area is 125 Å². The number of rotatable bonds is 4. The number of hydrogen-bond acceptors (Lipinski definition) is 4. The summed E-state index contributed by atoms with van der Waals surface area (Å²) in [6, 6.07) is 0. The van der Waals surface area contributed by atoms with Gasteiger partial charge < -0.3 is 14.8 Å². The minimum absolute atomic E-state index is 0.208. The van der Waals surface area contributed by atoms with Crippen molar-refractivity contribution in [2.24, 2.45) is 5.92 Å². The number of ether oxygens (including phenoxy) is 1. The van der Waals surface area contributed by atoms with Gasteiger partial charge in [0.2, 0.25) is 5.88 Å². The van der Waals surface area contributed by atoms with Crippen molar-refractivity contribution in [1.82, 2.24) is 9.97 Å². The van der Waals surface area contributed by atoms with Gasteiger partial charge in [0.25, 0.3) is 5.56 Å². The van der Waals surface area contributed by atoms with Crippen molar-refractivity contribution in [3.05, 3.63) is 19.7 Å². The Morgan fingerprint density at radius 2 is 2.16 bits per heavy atom. The zero-order valence-corrected chi connectivity index (χ0v) is 13.1. The first-order chi connectivity index (χ1) is 9.13. The number of aromatic amines is 1. The molecule has 1 aromatic rings. The number of halogens is 1. The number of H-pyrrole nitrogens is 1. The summed E-state index contributed by atoms with van der Waals surface area (Å²) in [5.41, 5.74) is -0.302. The van der Waals surface area contributed by atoms with E-state index in [0.717, 1.165) is 12.8 Å². The van der Waals surface area contributed by atoms with Crippen molar-refractivity contribution >= 4 is 22.6 Å². The molecule has 1 saturated carbocycles. The van der Waals surface area contributed by atoms with Gasteiger partial charge in [0, 0.05) is 6.61 Å². The molecule has 0 aliphatic heterocycles. The highest BCUT2D eigenvalue weighted by atomic mass is 127. The molecule has 1 fully saturated rings. The lowest BCUT2D eigenvalue weighted by Gasteiger charge is -2.29. The Morgan fingerprint density at radius 1 is 1.47 bits per heavy atom. The molecule has 106 valence electrons. The third-order valence-electron chi connectivity index (χ3n) is 3.56. The molecule has 5 nitrogen and oxygen atoms in total. The molecule has 1 aliphatic carbocycles. The molecule has 0 amide bonds. The molecule has 0 radical (unpaired) electrons. The Bertz CT molecular complexity index is 483. The van der Waals surface area contributed by atoms with Gasteiger partial charge in [-0.15, -0.1) is 0 Å². The van der Waals surface area contributed by atoms with Crippen LogP contribution in [-0.2, 0) is 4.74 Å².